The van der Waals surface area contributed by atoms with Gasteiger partial charge in [0.05, 0.1) is 17.6 Å². The number of nitrogens with zero attached hydrogens (tertiary/aromatic N) is 2. The van der Waals surface area contributed by atoms with Gasteiger partial charge in [-0.1, -0.05) is 12.1 Å². The molecular weight excluding hydrogens is 374 g/mol. The fourth-order valence-electron chi connectivity index (χ4n) is 2.44. The number of carbonyl (C=O) groups excluding carboxylic acids is 1. The van der Waals surface area contributed by atoms with Crippen molar-refractivity contribution >= 4 is 23.4 Å². The molecule has 0 radical (unpaired) electrons. The van der Waals surface area contributed by atoms with Crippen LogP contribution in [-0.4, -0.2) is 23.5 Å². The Morgan fingerprint density at radius 3 is 2.66 bits per heavy atom. The van der Waals surface area contributed by atoms with Crippen molar-refractivity contribution in [1.29, 1.82) is 5.26 Å². The Kier molecular flexibility index (Phi) is 7.32. The predicted octanol–water partition coefficient (Wildman–Crippen LogP) is 4.33. The largest absolute Gasteiger partial charge is 0.490 e. The second-order valence-electron chi connectivity index (χ2n) is 6.24. The van der Waals surface area contributed by atoms with Crippen LogP contribution >= 0.6 is 0 Å². The van der Waals surface area contributed by atoms with Gasteiger partial charge in [-0.3, -0.25) is 14.9 Å². The number of hydrogen-bond acceptors (Lipinski definition) is 6. The number of non-ortho nitro benzene ring substituents is 1. The van der Waals surface area contributed by atoms with Gasteiger partial charge in [0.2, 0.25) is 0 Å². The van der Waals surface area contributed by atoms with Crippen LogP contribution in [0, 0.1) is 21.4 Å². The zero-order valence-corrected chi connectivity index (χ0v) is 16.3. The first-order valence-electron chi connectivity index (χ1n) is 8.95. The molecular formula is C21H21N3O5. The Hall–Kier alpha value is -3.86. The van der Waals surface area contributed by atoms with E-state index in [1.165, 1.54) is 30.3 Å². The minimum atomic E-state index is -0.673. The molecule has 0 aliphatic heterocycles. The minimum absolute atomic E-state index is 0.0361. The predicted molar refractivity (Wildman–Crippen MR) is 109 cm³/mol. The zero-order chi connectivity index (χ0) is 21.4. The van der Waals surface area contributed by atoms with Gasteiger partial charge >= 0.3 is 0 Å². The molecule has 0 spiro atoms. The van der Waals surface area contributed by atoms with E-state index in [2.05, 4.69) is 5.32 Å². The van der Waals surface area contributed by atoms with Crippen molar-refractivity contribution in [1.82, 2.24) is 0 Å². The SMILES string of the molecule is CCOc1cc(/C=C(\C#N)C(=O)Nc2cccc([N+](=O)[O-])c2)ccc1OC(C)C. The number of nitro groups is 1. The lowest BCUT2D eigenvalue weighted by molar-refractivity contribution is -0.384. The summed E-state index contributed by atoms with van der Waals surface area (Å²) in [5, 5.41) is 22.7. The highest BCUT2D eigenvalue weighted by Gasteiger charge is 2.13. The Balaban J connectivity index is 2.27. The molecule has 0 aliphatic rings. The van der Waals surface area contributed by atoms with Crippen LogP contribution < -0.4 is 14.8 Å². The third kappa shape index (κ3) is 6.07. The summed E-state index contributed by atoms with van der Waals surface area (Å²) in [5.41, 5.74) is 0.486. The van der Waals surface area contributed by atoms with Gasteiger partial charge in [-0.05, 0) is 50.6 Å². The van der Waals surface area contributed by atoms with E-state index in [0.717, 1.165) is 0 Å². The molecule has 1 amide bonds. The molecule has 0 fully saturated rings. The molecule has 2 aromatic rings. The van der Waals surface area contributed by atoms with Gasteiger partial charge in [-0.25, -0.2) is 0 Å². The van der Waals surface area contributed by atoms with E-state index in [1.807, 2.05) is 26.8 Å². The van der Waals surface area contributed by atoms with Gasteiger partial charge in [-0.15, -0.1) is 0 Å². The second-order valence-corrected chi connectivity index (χ2v) is 6.24. The van der Waals surface area contributed by atoms with Crippen LogP contribution in [-0.2, 0) is 4.79 Å². The summed E-state index contributed by atoms with van der Waals surface area (Å²) < 4.78 is 11.3. The van der Waals surface area contributed by atoms with E-state index < -0.39 is 10.8 Å². The molecule has 0 bridgehead atoms. The van der Waals surface area contributed by atoms with Crippen molar-refractivity contribution in [3.05, 3.63) is 63.7 Å². The molecule has 1 N–H and O–H groups in total. The van der Waals surface area contributed by atoms with Gasteiger partial charge in [0.1, 0.15) is 11.6 Å². The Morgan fingerprint density at radius 1 is 1.28 bits per heavy atom. The van der Waals surface area contributed by atoms with Gasteiger partial charge in [0.25, 0.3) is 11.6 Å². The molecule has 29 heavy (non-hydrogen) atoms. The molecule has 0 heterocycles. The standard InChI is InChI=1S/C21H21N3O5/c1-4-28-20-11-15(8-9-19(20)29-14(2)3)10-16(13-22)21(25)23-17-6-5-7-18(12-17)24(26)27/h5-12,14H,4H2,1-3H3,(H,23,25)/b16-10+. The molecule has 2 aromatic carbocycles. The zero-order valence-electron chi connectivity index (χ0n) is 16.3. The molecule has 0 atom stereocenters. The van der Waals surface area contributed by atoms with E-state index >= 15 is 0 Å². The average molecular weight is 395 g/mol. The summed E-state index contributed by atoms with van der Waals surface area (Å²) in [5.74, 6) is 0.401. The third-order valence-electron chi connectivity index (χ3n) is 3.62. The van der Waals surface area contributed by atoms with E-state index in [9.17, 15) is 20.2 Å². The molecule has 0 unspecified atom stereocenters. The number of nitriles is 1. The normalized spacial score (nSPS) is 10.9. The number of hydrogen-bond donors (Lipinski definition) is 1. The van der Waals surface area contributed by atoms with Crippen LogP contribution in [0.5, 0.6) is 11.5 Å². The number of anilines is 1. The maximum absolute atomic E-state index is 12.4. The van der Waals surface area contributed by atoms with Crippen molar-refractivity contribution in [2.45, 2.75) is 26.9 Å². The second kappa shape index (κ2) is 9.90. The fraction of sp³-hybridized carbons (Fsp3) is 0.238. The molecule has 8 nitrogen and oxygen atoms in total. The van der Waals surface area contributed by atoms with Gasteiger partial charge < -0.3 is 14.8 Å². The number of benzene rings is 2. The topological polar surface area (TPSA) is 114 Å². The number of ether oxygens (including phenoxy) is 2. The molecule has 2 rings (SSSR count). The van der Waals surface area contributed by atoms with Crippen LogP contribution in [0.15, 0.2) is 48.0 Å². The van der Waals surface area contributed by atoms with E-state index in [1.54, 1.807) is 18.2 Å². The Morgan fingerprint density at radius 2 is 2.03 bits per heavy atom. The molecule has 0 aliphatic carbocycles. The van der Waals surface area contributed by atoms with E-state index in [-0.39, 0.29) is 23.1 Å². The van der Waals surface area contributed by atoms with Crippen molar-refractivity contribution in [2.24, 2.45) is 0 Å². The van der Waals surface area contributed by atoms with Crippen LogP contribution in [0.2, 0.25) is 0 Å². The van der Waals surface area contributed by atoms with Crippen molar-refractivity contribution in [3.8, 4) is 17.6 Å². The van der Waals surface area contributed by atoms with Crippen LogP contribution in [0.1, 0.15) is 26.3 Å². The van der Waals surface area contributed by atoms with Crippen LogP contribution in [0.3, 0.4) is 0 Å². The minimum Gasteiger partial charge on any atom is -0.490 e. The van der Waals surface area contributed by atoms with E-state index in [0.29, 0.717) is 23.7 Å². The maximum atomic E-state index is 12.4. The Bertz CT molecular complexity index is 977. The first kappa shape index (κ1) is 21.4. The van der Waals surface area contributed by atoms with Gasteiger partial charge in [0, 0.05) is 17.8 Å². The first-order chi connectivity index (χ1) is 13.8. The van der Waals surface area contributed by atoms with Gasteiger partial charge in [-0.2, -0.15) is 5.26 Å². The number of nitrogens with one attached hydrogen (secondary N) is 1. The summed E-state index contributed by atoms with van der Waals surface area (Å²) in [6.45, 7) is 6.07. The summed E-state index contributed by atoms with van der Waals surface area (Å²) in [6.07, 6.45) is 1.37. The smallest absolute Gasteiger partial charge is 0.271 e. The number of amides is 1. The first-order valence-corrected chi connectivity index (χ1v) is 8.95. The summed E-state index contributed by atoms with van der Waals surface area (Å²) in [4.78, 5) is 22.7. The molecule has 0 saturated heterocycles. The van der Waals surface area contributed by atoms with Crippen molar-refractivity contribution < 1.29 is 19.2 Å². The molecule has 0 aromatic heterocycles. The average Bonchev–Trinajstić information content (AvgIpc) is 2.68. The summed E-state index contributed by atoms with van der Waals surface area (Å²) in [6, 6.07) is 12.4. The lowest BCUT2D eigenvalue weighted by atomic mass is 10.1. The lowest BCUT2D eigenvalue weighted by Gasteiger charge is -2.15. The van der Waals surface area contributed by atoms with Crippen molar-refractivity contribution in [3.63, 3.8) is 0 Å². The number of carbonyl (C=O) groups is 1. The fourth-order valence-corrected chi connectivity index (χ4v) is 2.44. The summed E-state index contributed by atoms with van der Waals surface area (Å²) in [7, 11) is 0. The molecule has 0 saturated carbocycles. The highest BCUT2D eigenvalue weighted by Crippen LogP contribution is 2.30. The highest BCUT2D eigenvalue weighted by molar-refractivity contribution is 6.09. The van der Waals surface area contributed by atoms with Crippen LogP contribution in [0.4, 0.5) is 11.4 Å². The van der Waals surface area contributed by atoms with Gasteiger partial charge in [0.15, 0.2) is 11.5 Å². The van der Waals surface area contributed by atoms with E-state index in [4.69, 9.17) is 9.47 Å². The number of rotatable bonds is 8. The summed E-state index contributed by atoms with van der Waals surface area (Å²) >= 11 is 0. The van der Waals surface area contributed by atoms with Crippen molar-refractivity contribution in [2.75, 3.05) is 11.9 Å². The monoisotopic (exact) mass is 395 g/mol. The quantitative estimate of drug-likeness (QED) is 0.308. The Labute approximate surface area is 168 Å². The third-order valence-corrected chi connectivity index (χ3v) is 3.62. The maximum Gasteiger partial charge on any atom is 0.271 e. The molecule has 8 heteroatoms. The van der Waals surface area contributed by atoms with Crippen LogP contribution in [0.25, 0.3) is 6.08 Å². The number of nitro benzene ring substituents is 1. The molecule has 150 valence electrons. The highest BCUT2D eigenvalue weighted by atomic mass is 16.6. The lowest BCUT2D eigenvalue weighted by Crippen LogP contribution is -2.13.